The molecule has 0 saturated heterocycles. The van der Waals surface area contributed by atoms with Crippen LogP contribution in [0.2, 0.25) is 0 Å². The Morgan fingerprint density at radius 2 is 1.15 bits per heavy atom. The Hall–Kier alpha value is -2.74. The van der Waals surface area contributed by atoms with Gasteiger partial charge in [0.15, 0.2) is 0 Å². The number of fused-ring (bicyclic) bond motifs is 2. The maximum absolute atomic E-state index is 6.18. The number of benzene rings is 5. The molecule has 0 aliphatic carbocycles. The van der Waals surface area contributed by atoms with Crippen molar-refractivity contribution in [2.45, 2.75) is 0 Å². The van der Waals surface area contributed by atoms with Gasteiger partial charge in [0.1, 0.15) is 0 Å². The maximum Gasteiger partial charge on any atom is 0.0400 e. The van der Waals surface area contributed by atoms with Gasteiger partial charge in [-0.3, -0.25) is 0 Å². The van der Waals surface area contributed by atoms with Gasteiger partial charge < -0.3 is 11.5 Å². The molecule has 5 aromatic rings. The molecule has 0 radical (unpaired) electrons. The predicted octanol–water partition coefficient (Wildman–Crippen LogP) is 4.26. The fourth-order valence-electron chi connectivity index (χ4n) is 2.94. The molecule has 0 atom stereocenters. The first kappa shape index (κ1) is 11.1. The van der Waals surface area contributed by atoms with E-state index in [9.17, 15) is 0 Å². The fraction of sp³-hybridized carbons (Fsp3) is 0. The van der Waals surface area contributed by atoms with Crippen LogP contribution < -0.4 is 11.5 Å². The van der Waals surface area contributed by atoms with E-state index in [4.69, 9.17) is 11.5 Å². The Morgan fingerprint density at radius 3 is 1.80 bits per heavy atom. The Bertz CT molecular complexity index is 888. The molecule has 0 spiro atoms. The molecule has 20 heavy (non-hydrogen) atoms. The largest absolute Gasteiger partial charge is 0.399 e. The number of hydrogen-bond acceptors (Lipinski definition) is 2. The van der Waals surface area contributed by atoms with Crippen molar-refractivity contribution < 1.29 is 0 Å². The van der Waals surface area contributed by atoms with Gasteiger partial charge in [0.05, 0.1) is 0 Å². The van der Waals surface area contributed by atoms with Crippen molar-refractivity contribution in [3.8, 4) is 11.1 Å². The number of hydrogen-bond donors (Lipinski definition) is 2. The first-order chi connectivity index (χ1) is 9.74. The van der Waals surface area contributed by atoms with Gasteiger partial charge in [0.2, 0.25) is 0 Å². The molecule has 0 fully saturated rings. The first-order valence-corrected chi connectivity index (χ1v) is 6.63. The van der Waals surface area contributed by atoms with E-state index < -0.39 is 0 Å². The maximum atomic E-state index is 6.18. The highest BCUT2D eigenvalue weighted by molar-refractivity contribution is 6.20. The van der Waals surface area contributed by atoms with Crippen molar-refractivity contribution in [3.05, 3.63) is 60.7 Å². The molecule has 5 rings (SSSR count). The van der Waals surface area contributed by atoms with Crippen molar-refractivity contribution >= 4 is 32.9 Å². The number of rotatable bonds is 1. The quantitative estimate of drug-likeness (QED) is 0.501. The van der Waals surface area contributed by atoms with Gasteiger partial charge >= 0.3 is 0 Å². The molecule has 0 unspecified atom stereocenters. The lowest BCUT2D eigenvalue weighted by Gasteiger charge is -2.14. The molecule has 5 aromatic carbocycles. The summed E-state index contributed by atoms with van der Waals surface area (Å²) in [6, 6.07) is 20.6. The Morgan fingerprint density at radius 1 is 0.550 bits per heavy atom. The van der Waals surface area contributed by atoms with Crippen molar-refractivity contribution in [2.24, 2.45) is 0 Å². The van der Waals surface area contributed by atoms with Gasteiger partial charge in [-0.1, -0.05) is 42.5 Å². The molecule has 96 valence electrons. The van der Waals surface area contributed by atoms with Gasteiger partial charge in [-0.25, -0.2) is 0 Å². The summed E-state index contributed by atoms with van der Waals surface area (Å²) in [5.74, 6) is 0. The summed E-state index contributed by atoms with van der Waals surface area (Å²) < 4.78 is 0. The van der Waals surface area contributed by atoms with E-state index >= 15 is 0 Å². The summed E-state index contributed by atoms with van der Waals surface area (Å²) in [6.07, 6.45) is 0. The van der Waals surface area contributed by atoms with E-state index in [2.05, 4.69) is 42.5 Å². The van der Waals surface area contributed by atoms with E-state index in [0.717, 1.165) is 22.3 Å². The standard InChI is InChI=1S/C18H14N2/c19-14-7-5-11(6-8-14)15-9-10-16(20)18-13-3-1-12(2-4-13)17(15)18/h1-10H,19-20H2. The average Bonchev–Trinajstić information content (AvgIpc) is 2.50. The first-order valence-electron chi connectivity index (χ1n) is 6.63. The van der Waals surface area contributed by atoms with E-state index in [-0.39, 0.29) is 0 Å². The van der Waals surface area contributed by atoms with Crippen LogP contribution in [-0.2, 0) is 0 Å². The van der Waals surface area contributed by atoms with E-state index in [1.54, 1.807) is 0 Å². The summed E-state index contributed by atoms with van der Waals surface area (Å²) in [6.45, 7) is 0. The average molecular weight is 258 g/mol. The van der Waals surface area contributed by atoms with E-state index in [0.29, 0.717) is 0 Å². The van der Waals surface area contributed by atoms with Crippen LogP contribution in [0.1, 0.15) is 0 Å². The highest BCUT2D eigenvalue weighted by atomic mass is 14.6. The molecule has 0 amide bonds. The lowest BCUT2D eigenvalue weighted by Crippen LogP contribution is -1.92. The Kier molecular flexibility index (Phi) is 2.15. The van der Waals surface area contributed by atoms with Crippen LogP contribution in [0.4, 0.5) is 11.4 Å². The van der Waals surface area contributed by atoms with Crippen LogP contribution in [-0.4, -0.2) is 0 Å². The highest BCUT2D eigenvalue weighted by Gasteiger charge is 2.11. The molecule has 0 aliphatic heterocycles. The summed E-state index contributed by atoms with van der Waals surface area (Å²) in [4.78, 5) is 0. The smallest absolute Gasteiger partial charge is 0.0400 e. The summed E-state index contributed by atoms with van der Waals surface area (Å²) >= 11 is 0. The molecule has 0 aromatic heterocycles. The molecular weight excluding hydrogens is 244 g/mol. The molecule has 0 heterocycles. The Balaban J connectivity index is 2.14. The molecule has 2 heteroatoms. The van der Waals surface area contributed by atoms with E-state index in [1.165, 1.54) is 21.7 Å². The zero-order valence-electron chi connectivity index (χ0n) is 10.9. The van der Waals surface area contributed by atoms with Crippen LogP contribution in [0, 0.1) is 0 Å². The molecule has 2 bridgehead atoms. The molecule has 4 N–H and O–H groups in total. The Labute approximate surface area is 117 Å². The lowest BCUT2D eigenvalue weighted by molar-refractivity contribution is 1.64. The third-order valence-corrected chi connectivity index (χ3v) is 3.92. The zero-order valence-corrected chi connectivity index (χ0v) is 10.9. The molecular formula is C18H14N2. The topological polar surface area (TPSA) is 52.0 Å². The van der Waals surface area contributed by atoms with Crippen LogP contribution in [0.3, 0.4) is 0 Å². The normalized spacial score (nSPS) is 11.4. The zero-order chi connectivity index (χ0) is 13.7. The number of nitrogens with two attached hydrogens (primary N) is 2. The molecule has 0 aliphatic rings. The van der Waals surface area contributed by atoms with Gasteiger partial charge in [-0.15, -0.1) is 0 Å². The molecule has 2 nitrogen and oxygen atoms in total. The van der Waals surface area contributed by atoms with Gasteiger partial charge in [0, 0.05) is 16.8 Å². The van der Waals surface area contributed by atoms with Gasteiger partial charge in [-0.05, 0) is 45.5 Å². The van der Waals surface area contributed by atoms with Crippen LogP contribution in [0.5, 0.6) is 0 Å². The minimum Gasteiger partial charge on any atom is -0.399 e. The van der Waals surface area contributed by atoms with E-state index in [1.807, 2.05) is 18.2 Å². The third-order valence-electron chi connectivity index (χ3n) is 3.92. The van der Waals surface area contributed by atoms with Crippen molar-refractivity contribution in [2.75, 3.05) is 11.5 Å². The van der Waals surface area contributed by atoms with Crippen molar-refractivity contribution in [1.82, 2.24) is 0 Å². The van der Waals surface area contributed by atoms with Gasteiger partial charge in [-0.2, -0.15) is 0 Å². The second-order valence-electron chi connectivity index (χ2n) is 5.15. The number of nitrogen functional groups attached to an aromatic ring is 2. The fourth-order valence-corrected chi connectivity index (χ4v) is 2.94. The summed E-state index contributed by atoms with van der Waals surface area (Å²) in [7, 11) is 0. The summed E-state index contributed by atoms with van der Waals surface area (Å²) in [5.41, 5.74) is 15.9. The predicted molar refractivity (Wildman–Crippen MR) is 86.9 cm³/mol. The SMILES string of the molecule is Nc1ccc(-c2ccc(N)c3c4ccc(cc4)c23)cc1. The van der Waals surface area contributed by atoms with Crippen LogP contribution in [0.25, 0.3) is 32.7 Å². The van der Waals surface area contributed by atoms with Crippen molar-refractivity contribution in [1.29, 1.82) is 0 Å². The second kappa shape index (κ2) is 3.87. The minimum atomic E-state index is 0.779. The number of anilines is 2. The third kappa shape index (κ3) is 1.45. The van der Waals surface area contributed by atoms with Crippen molar-refractivity contribution in [3.63, 3.8) is 0 Å². The lowest BCUT2D eigenvalue weighted by atomic mass is 9.91. The van der Waals surface area contributed by atoms with Gasteiger partial charge in [0.25, 0.3) is 0 Å². The second-order valence-corrected chi connectivity index (χ2v) is 5.15. The van der Waals surface area contributed by atoms with Crippen LogP contribution in [0.15, 0.2) is 60.7 Å². The minimum absolute atomic E-state index is 0.779. The highest BCUT2D eigenvalue weighted by Crippen LogP contribution is 2.39. The molecule has 0 saturated carbocycles. The van der Waals surface area contributed by atoms with Crippen LogP contribution >= 0.6 is 0 Å². The summed E-state index contributed by atoms with van der Waals surface area (Å²) in [5, 5.41) is 4.79. The monoisotopic (exact) mass is 258 g/mol.